The Labute approximate surface area is 152 Å². The van der Waals surface area contributed by atoms with Crippen molar-refractivity contribution in [3.05, 3.63) is 36.4 Å². The average molecular weight is 357 g/mol. The van der Waals surface area contributed by atoms with Crippen molar-refractivity contribution in [2.45, 2.75) is 25.7 Å². The summed E-state index contributed by atoms with van der Waals surface area (Å²) in [6, 6.07) is 3.89. The van der Waals surface area contributed by atoms with E-state index >= 15 is 0 Å². The van der Waals surface area contributed by atoms with Gasteiger partial charge >= 0.3 is 0 Å². The number of allylic oxidation sites excluding steroid dienone is 1. The van der Waals surface area contributed by atoms with Crippen molar-refractivity contribution in [3.8, 4) is 17.1 Å². The van der Waals surface area contributed by atoms with Crippen LogP contribution in [0.4, 0.5) is 5.13 Å². The third-order valence-electron chi connectivity index (χ3n) is 3.72. The summed E-state index contributed by atoms with van der Waals surface area (Å²) < 4.78 is 5.86. The Hall–Kier alpha value is -2.41. The van der Waals surface area contributed by atoms with Gasteiger partial charge in [0.2, 0.25) is 5.88 Å². The van der Waals surface area contributed by atoms with E-state index < -0.39 is 0 Å². The first-order chi connectivity index (χ1) is 12.4. The van der Waals surface area contributed by atoms with E-state index in [4.69, 9.17) is 4.74 Å². The zero-order valence-corrected chi connectivity index (χ0v) is 15.0. The Morgan fingerprint density at radius 1 is 1.40 bits per heavy atom. The topological polar surface area (TPSA) is 71.4 Å². The maximum Gasteiger partial charge on any atom is 0.222 e. The van der Waals surface area contributed by atoms with E-state index in [1.165, 1.54) is 0 Å². The number of thiazole rings is 1. The highest BCUT2D eigenvalue weighted by atomic mass is 32.1. The molecule has 1 aliphatic rings. The molecule has 2 aromatic heterocycles. The first-order valence-corrected chi connectivity index (χ1v) is 9.45. The Kier molecular flexibility index (Phi) is 6.39. The first-order valence-electron chi connectivity index (χ1n) is 8.57. The van der Waals surface area contributed by atoms with Crippen LogP contribution in [0.5, 0.6) is 5.88 Å². The van der Waals surface area contributed by atoms with Crippen LogP contribution in [0.3, 0.4) is 0 Å². The lowest BCUT2D eigenvalue weighted by Gasteiger charge is -2.14. The molecule has 0 amide bonds. The third kappa shape index (κ3) is 5.03. The zero-order valence-electron chi connectivity index (χ0n) is 14.2. The molecule has 0 fully saturated rings. The molecule has 3 rings (SSSR count). The minimum atomic E-state index is 0.631. The zero-order chi connectivity index (χ0) is 17.3. The van der Waals surface area contributed by atoms with E-state index in [1.54, 1.807) is 17.5 Å². The lowest BCUT2D eigenvalue weighted by molar-refractivity contribution is 0.297. The van der Waals surface area contributed by atoms with Crippen molar-refractivity contribution >= 4 is 22.4 Å². The van der Waals surface area contributed by atoms with Crippen LogP contribution >= 0.6 is 11.3 Å². The smallest absolute Gasteiger partial charge is 0.222 e. The first kappa shape index (κ1) is 17.4. The predicted molar refractivity (Wildman–Crippen MR) is 103 cm³/mol. The van der Waals surface area contributed by atoms with Crippen molar-refractivity contribution in [1.29, 1.82) is 0 Å². The molecule has 0 saturated carbocycles. The highest BCUT2D eigenvalue weighted by Gasteiger charge is 2.13. The summed E-state index contributed by atoms with van der Waals surface area (Å²) >= 11 is 1.54. The molecule has 2 N–H and O–H groups in total. The van der Waals surface area contributed by atoms with Crippen LogP contribution in [0.25, 0.3) is 11.3 Å². The van der Waals surface area contributed by atoms with Crippen molar-refractivity contribution in [2.24, 2.45) is 4.99 Å². The number of aliphatic imine (C=N–C) groups is 1. The fraction of sp³-hybridized carbons (Fsp3) is 0.389. The molecule has 0 spiro atoms. The maximum atomic E-state index is 5.86. The number of nitrogens with one attached hydrogen (secondary N) is 2. The quantitative estimate of drug-likeness (QED) is 0.557. The lowest BCUT2D eigenvalue weighted by atomic mass is 10.2. The van der Waals surface area contributed by atoms with Gasteiger partial charge in [0.15, 0.2) is 11.1 Å². The van der Waals surface area contributed by atoms with Crippen LogP contribution in [0, 0.1) is 0 Å². The van der Waals surface area contributed by atoms with Gasteiger partial charge < -0.3 is 15.4 Å². The summed E-state index contributed by atoms with van der Waals surface area (Å²) in [5.41, 5.74) is 1.77. The number of rotatable bonds is 8. The van der Waals surface area contributed by atoms with Gasteiger partial charge in [-0.05, 0) is 37.8 Å². The van der Waals surface area contributed by atoms with Crippen molar-refractivity contribution in [3.63, 3.8) is 0 Å². The molecule has 6 nitrogen and oxygen atoms in total. The van der Waals surface area contributed by atoms with Gasteiger partial charge in [-0.25, -0.2) is 9.97 Å². The van der Waals surface area contributed by atoms with Crippen LogP contribution in [-0.4, -0.2) is 35.6 Å². The van der Waals surface area contributed by atoms with E-state index in [-0.39, 0.29) is 0 Å². The monoisotopic (exact) mass is 357 g/mol. The molecular weight excluding hydrogens is 334 g/mol. The second-order valence-corrected chi connectivity index (χ2v) is 6.52. The van der Waals surface area contributed by atoms with Crippen molar-refractivity contribution in [1.82, 2.24) is 15.3 Å². The predicted octanol–water partition coefficient (Wildman–Crippen LogP) is 3.70. The minimum absolute atomic E-state index is 0.631. The Morgan fingerprint density at radius 3 is 3.20 bits per heavy atom. The number of aromatic nitrogens is 2. The summed E-state index contributed by atoms with van der Waals surface area (Å²) in [4.78, 5) is 13.4. The van der Waals surface area contributed by atoms with Gasteiger partial charge in [-0.2, -0.15) is 0 Å². The second-order valence-electron chi connectivity index (χ2n) is 5.66. The van der Waals surface area contributed by atoms with Gasteiger partial charge in [0.25, 0.3) is 0 Å². The van der Waals surface area contributed by atoms with E-state index in [1.807, 2.05) is 23.6 Å². The van der Waals surface area contributed by atoms with Crippen LogP contribution in [0.2, 0.25) is 0 Å². The van der Waals surface area contributed by atoms with Gasteiger partial charge in [-0.1, -0.05) is 6.08 Å². The molecule has 132 valence electrons. The number of hydrogen-bond donors (Lipinski definition) is 2. The average Bonchev–Trinajstić information content (AvgIpc) is 3.11. The minimum Gasteiger partial charge on any atom is -0.477 e. The van der Waals surface area contributed by atoms with E-state index in [9.17, 15) is 0 Å². The van der Waals surface area contributed by atoms with Crippen LogP contribution in [0.15, 0.2) is 41.4 Å². The molecule has 0 aromatic carbocycles. The number of guanidine groups is 1. The standard InChI is InChI=1S/C18H23N5OS/c1-2-3-4-5-12-24-16-14(8-6-9-19-16)15-13-25-18(22-15)23-17-20-10-7-11-21-17/h2,6,8-9,13H,1,3-5,7,10-12H2,(H2,20,21,22,23). The lowest BCUT2D eigenvalue weighted by Crippen LogP contribution is -2.35. The van der Waals surface area contributed by atoms with E-state index in [0.717, 1.165) is 61.1 Å². The molecule has 0 saturated heterocycles. The molecule has 1 aliphatic heterocycles. The molecule has 0 unspecified atom stereocenters. The molecule has 2 aromatic rings. The molecule has 0 radical (unpaired) electrons. The summed E-state index contributed by atoms with van der Waals surface area (Å²) in [5.74, 6) is 1.42. The summed E-state index contributed by atoms with van der Waals surface area (Å²) in [6.45, 7) is 6.17. The highest BCUT2D eigenvalue weighted by Crippen LogP contribution is 2.30. The van der Waals surface area contributed by atoms with Crippen LogP contribution in [0.1, 0.15) is 25.7 Å². The Bertz CT molecular complexity index is 728. The molecule has 3 heterocycles. The number of nitrogens with zero attached hydrogens (tertiary/aromatic N) is 3. The fourth-order valence-corrected chi connectivity index (χ4v) is 3.14. The molecule has 25 heavy (non-hydrogen) atoms. The summed E-state index contributed by atoms with van der Waals surface area (Å²) in [6.07, 6.45) is 7.81. The molecular formula is C18H23N5OS. The van der Waals surface area contributed by atoms with Crippen molar-refractivity contribution in [2.75, 3.05) is 25.0 Å². The van der Waals surface area contributed by atoms with Gasteiger partial charge in [-0.15, -0.1) is 17.9 Å². The number of unbranched alkanes of at least 4 members (excludes halogenated alkanes) is 2. The molecule has 0 aliphatic carbocycles. The van der Waals surface area contributed by atoms with Gasteiger partial charge in [0.1, 0.15) is 0 Å². The second kappa shape index (κ2) is 9.17. The maximum absolute atomic E-state index is 5.86. The van der Waals surface area contributed by atoms with Gasteiger partial charge in [0, 0.05) is 24.7 Å². The largest absolute Gasteiger partial charge is 0.477 e. The normalized spacial score (nSPS) is 13.7. The number of anilines is 1. The van der Waals surface area contributed by atoms with Gasteiger partial charge in [0.05, 0.1) is 17.9 Å². The Morgan fingerprint density at radius 2 is 2.36 bits per heavy atom. The fourth-order valence-electron chi connectivity index (χ4n) is 2.43. The SMILES string of the molecule is C=CCCCCOc1ncccc1-c1csc(NC2=NCCCN2)n1. The number of hydrogen-bond acceptors (Lipinski definition) is 7. The molecule has 0 bridgehead atoms. The number of pyridine rings is 1. The Balaban J connectivity index is 1.65. The van der Waals surface area contributed by atoms with Crippen LogP contribution in [-0.2, 0) is 0 Å². The molecule has 7 heteroatoms. The van der Waals surface area contributed by atoms with Crippen molar-refractivity contribution < 1.29 is 4.74 Å². The van der Waals surface area contributed by atoms with Gasteiger partial charge in [-0.3, -0.25) is 4.99 Å². The van der Waals surface area contributed by atoms with E-state index in [0.29, 0.717) is 12.5 Å². The highest BCUT2D eigenvalue weighted by molar-refractivity contribution is 7.14. The summed E-state index contributed by atoms with van der Waals surface area (Å²) in [5, 5.41) is 9.28. The van der Waals surface area contributed by atoms with Crippen LogP contribution < -0.4 is 15.4 Å². The third-order valence-corrected chi connectivity index (χ3v) is 4.47. The summed E-state index contributed by atoms with van der Waals surface area (Å²) in [7, 11) is 0. The number of ether oxygens (including phenoxy) is 1. The van der Waals surface area contributed by atoms with E-state index in [2.05, 4.69) is 32.2 Å². The molecule has 0 atom stereocenters.